The molecular weight excluding hydrogens is 202 g/mol. The van der Waals surface area contributed by atoms with E-state index in [9.17, 15) is 0 Å². The van der Waals surface area contributed by atoms with Crippen molar-refractivity contribution in [2.24, 2.45) is 0 Å². The van der Waals surface area contributed by atoms with Crippen molar-refractivity contribution in [1.29, 1.82) is 0 Å². The van der Waals surface area contributed by atoms with Crippen molar-refractivity contribution >= 4 is 11.6 Å². The Hall–Kier alpha value is -1.39. The first-order chi connectivity index (χ1) is 6.79. The van der Waals surface area contributed by atoms with E-state index >= 15 is 0 Å². The van der Waals surface area contributed by atoms with E-state index in [0.29, 0.717) is 16.5 Å². The van der Waals surface area contributed by atoms with E-state index in [1.807, 2.05) is 0 Å². The lowest BCUT2D eigenvalue weighted by atomic mass is 10.3. The maximum atomic E-state index is 8.84. The van der Waals surface area contributed by atoms with Crippen molar-refractivity contribution in [1.82, 2.24) is 15.0 Å². The van der Waals surface area contributed by atoms with Gasteiger partial charge in [0, 0.05) is 18.0 Å². The standard InChI is InChI=1S/C9H8ClN3O/c10-7-1-6(2-11-3-7)9-12-4-8(5-14)13-9/h1-4,14H,5H2,(H,12,13). The van der Waals surface area contributed by atoms with Gasteiger partial charge in [-0.1, -0.05) is 11.6 Å². The number of rotatable bonds is 2. The minimum absolute atomic E-state index is 0.0546. The molecule has 0 aromatic carbocycles. The van der Waals surface area contributed by atoms with Crippen LogP contribution in [0.25, 0.3) is 11.4 Å². The second-order valence-corrected chi connectivity index (χ2v) is 3.24. The number of H-pyrrole nitrogens is 1. The molecule has 2 aromatic rings. The van der Waals surface area contributed by atoms with Gasteiger partial charge >= 0.3 is 0 Å². The molecule has 2 rings (SSSR count). The van der Waals surface area contributed by atoms with Crippen LogP contribution in [-0.4, -0.2) is 20.1 Å². The van der Waals surface area contributed by atoms with E-state index in [0.717, 1.165) is 5.56 Å². The number of aliphatic hydroxyl groups is 1. The second-order valence-electron chi connectivity index (χ2n) is 2.81. The third-order valence-electron chi connectivity index (χ3n) is 1.78. The fourth-order valence-corrected chi connectivity index (χ4v) is 1.30. The monoisotopic (exact) mass is 209 g/mol. The molecule has 0 saturated heterocycles. The number of halogens is 1. The van der Waals surface area contributed by atoms with Crippen molar-refractivity contribution in [3.63, 3.8) is 0 Å². The molecule has 0 aliphatic heterocycles. The number of imidazole rings is 1. The summed E-state index contributed by atoms with van der Waals surface area (Å²) in [4.78, 5) is 11.0. The lowest BCUT2D eigenvalue weighted by Gasteiger charge is -1.95. The molecule has 5 heteroatoms. The van der Waals surface area contributed by atoms with Gasteiger partial charge in [0.05, 0.1) is 23.5 Å². The summed E-state index contributed by atoms with van der Waals surface area (Å²) in [5, 5.41) is 9.40. The summed E-state index contributed by atoms with van der Waals surface area (Å²) in [7, 11) is 0. The highest BCUT2D eigenvalue weighted by atomic mass is 35.5. The Morgan fingerprint density at radius 1 is 1.36 bits per heavy atom. The molecule has 0 fully saturated rings. The van der Waals surface area contributed by atoms with Gasteiger partial charge < -0.3 is 10.1 Å². The van der Waals surface area contributed by atoms with Crippen molar-refractivity contribution < 1.29 is 5.11 Å². The van der Waals surface area contributed by atoms with Crippen molar-refractivity contribution in [3.8, 4) is 11.4 Å². The molecule has 0 saturated carbocycles. The lowest BCUT2D eigenvalue weighted by molar-refractivity contribution is 0.277. The molecule has 0 amide bonds. The average Bonchev–Trinajstić information content (AvgIpc) is 2.66. The van der Waals surface area contributed by atoms with Gasteiger partial charge in [-0.25, -0.2) is 4.98 Å². The summed E-state index contributed by atoms with van der Waals surface area (Å²) < 4.78 is 0. The molecule has 0 aliphatic rings. The normalized spacial score (nSPS) is 10.4. The topological polar surface area (TPSA) is 61.8 Å². The van der Waals surface area contributed by atoms with Crippen LogP contribution in [0.2, 0.25) is 5.02 Å². The number of hydrogen-bond donors (Lipinski definition) is 2. The lowest BCUT2D eigenvalue weighted by Crippen LogP contribution is -1.84. The molecule has 72 valence electrons. The number of aromatic amines is 1. The third kappa shape index (κ3) is 1.76. The highest BCUT2D eigenvalue weighted by Gasteiger charge is 2.03. The fraction of sp³-hybridized carbons (Fsp3) is 0.111. The van der Waals surface area contributed by atoms with E-state index in [2.05, 4.69) is 15.0 Å². The van der Waals surface area contributed by atoms with Crippen LogP contribution in [0.5, 0.6) is 0 Å². The molecule has 14 heavy (non-hydrogen) atoms. The van der Waals surface area contributed by atoms with Gasteiger partial charge in [-0.2, -0.15) is 0 Å². The zero-order valence-corrected chi connectivity index (χ0v) is 7.99. The van der Waals surface area contributed by atoms with Gasteiger partial charge in [-0.3, -0.25) is 4.98 Å². The van der Waals surface area contributed by atoms with Crippen LogP contribution in [0.15, 0.2) is 24.7 Å². The molecule has 0 atom stereocenters. The van der Waals surface area contributed by atoms with Gasteiger partial charge in [-0.15, -0.1) is 0 Å². The summed E-state index contributed by atoms with van der Waals surface area (Å²) in [6.07, 6.45) is 4.79. The van der Waals surface area contributed by atoms with Crippen molar-refractivity contribution in [3.05, 3.63) is 35.4 Å². The first kappa shape index (κ1) is 9.18. The Morgan fingerprint density at radius 2 is 2.21 bits per heavy atom. The Kier molecular flexibility index (Phi) is 2.47. The highest BCUT2D eigenvalue weighted by molar-refractivity contribution is 6.30. The van der Waals surface area contributed by atoms with Crippen LogP contribution in [0.1, 0.15) is 5.69 Å². The van der Waals surface area contributed by atoms with Gasteiger partial charge in [0.1, 0.15) is 5.82 Å². The molecule has 0 unspecified atom stereocenters. The highest BCUT2D eigenvalue weighted by Crippen LogP contribution is 2.18. The Bertz CT molecular complexity index is 441. The number of aliphatic hydroxyl groups excluding tert-OH is 1. The molecule has 0 spiro atoms. The van der Waals surface area contributed by atoms with E-state index < -0.39 is 0 Å². The summed E-state index contributed by atoms with van der Waals surface area (Å²) in [5.41, 5.74) is 1.47. The summed E-state index contributed by atoms with van der Waals surface area (Å²) in [6, 6.07) is 1.76. The number of nitrogens with one attached hydrogen (secondary N) is 1. The number of nitrogens with zero attached hydrogens (tertiary/aromatic N) is 2. The summed E-state index contributed by atoms with van der Waals surface area (Å²) in [5.74, 6) is 0.657. The quantitative estimate of drug-likeness (QED) is 0.790. The Morgan fingerprint density at radius 3 is 2.86 bits per heavy atom. The fourth-order valence-electron chi connectivity index (χ4n) is 1.13. The van der Waals surface area contributed by atoms with Gasteiger partial charge in [0.25, 0.3) is 0 Å². The molecule has 0 radical (unpaired) electrons. The van der Waals surface area contributed by atoms with Gasteiger partial charge in [0.15, 0.2) is 0 Å². The molecule has 0 bridgehead atoms. The minimum atomic E-state index is -0.0546. The first-order valence-corrected chi connectivity index (χ1v) is 4.43. The second kappa shape index (κ2) is 3.77. The van der Waals surface area contributed by atoms with E-state index in [-0.39, 0.29) is 6.61 Å². The zero-order valence-electron chi connectivity index (χ0n) is 7.24. The zero-order chi connectivity index (χ0) is 9.97. The van der Waals surface area contributed by atoms with Crippen molar-refractivity contribution in [2.45, 2.75) is 6.61 Å². The number of pyridine rings is 1. The van der Waals surface area contributed by atoms with Crippen LogP contribution in [0.3, 0.4) is 0 Å². The summed E-state index contributed by atoms with van der Waals surface area (Å²) >= 11 is 5.78. The predicted molar refractivity (Wildman–Crippen MR) is 52.8 cm³/mol. The van der Waals surface area contributed by atoms with E-state index in [4.69, 9.17) is 16.7 Å². The molecule has 2 heterocycles. The van der Waals surface area contributed by atoms with E-state index in [1.54, 1.807) is 24.7 Å². The smallest absolute Gasteiger partial charge is 0.139 e. The number of hydrogen-bond acceptors (Lipinski definition) is 3. The maximum absolute atomic E-state index is 8.84. The Balaban J connectivity index is 2.39. The largest absolute Gasteiger partial charge is 0.390 e. The van der Waals surface area contributed by atoms with Crippen LogP contribution < -0.4 is 0 Å². The van der Waals surface area contributed by atoms with Gasteiger partial charge in [-0.05, 0) is 6.07 Å². The SMILES string of the molecule is OCc1cnc(-c2cncc(Cl)c2)[nH]1. The van der Waals surface area contributed by atoms with Crippen LogP contribution >= 0.6 is 11.6 Å². The number of aromatic nitrogens is 3. The third-order valence-corrected chi connectivity index (χ3v) is 1.98. The van der Waals surface area contributed by atoms with Crippen LogP contribution in [0, 0.1) is 0 Å². The van der Waals surface area contributed by atoms with E-state index in [1.165, 1.54) is 0 Å². The predicted octanol–water partition coefficient (Wildman–Crippen LogP) is 1.62. The average molecular weight is 210 g/mol. The first-order valence-electron chi connectivity index (χ1n) is 4.05. The Labute approximate surface area is 85.6 Å². The minimum Gasteiger partial charge on any atom is -0.390 e. The summed E-state index contributed by atoms with van der Waals surface area (Å²) in [6.45, 7) is -0.0546. The van der Waals surface area contributed by atoms with Gasteiger partial charge in [0.2, 0.25) is 0 Å². The molecule has 2 N–H and O–H groups in total. The molecule has 2 aromatic heterocycles. The molecule has 4 nitrogen and oxygen atoms in total. The molecule has 0 aliphatic carbocycles. The maximum Gasteiger partial charge on any atom is 0.139 e. The van der Waals surface area contributed by atoms with Crippen LogP contribution in [-0.2, 0) is 6.61 Å². The van der Waals surface area contributed by atoms with Crippen molar-refractivity contribution in [2.75, 3.05) is 0 Å². The van der Waals surface area contributed by atoms with Crippen LogP contribution in [0.4, 0.5) is 0 Å². The molecular formula is C9H8ClN3O.